The maximum atomic E-state index is 12.9. The minimum absolute atomic E-state index is 0.0694. The summed E-state index contributed by atoms with van der Waals surface area (Å²) in [6.45, 7) is 3.72. The molecule has 0 spiro atoms. The average molecular weight is 280 g/mol. The smallest absolute Gasteiger partial charge is 0.220 e. The van der Waals surface area contributed by atoms with E-state index in [2.05, 4.69) is 10.2 Å². The van der Waals surface area contributed by atoms with Gasteiger partial charge in [0.2, 0.25) is 5.91 Å². The van der Waals surface area contributed by atoms with Crippen molar-refractivity contribution in [3.8, 4) is 0 Å². The molecule has 1 amide bonds. The van der Waals surface area contributed by atoms with Crippen LogP contribution in [0.5, 0.6) is 0 Å². The van der Waals surface area contributed by atoms with Gasteiger partial charge in [0.15, 0.2) is 0 Å². The highest BCUT2D eigenvalue weighted by molar-refractivity contribution is 5.76. The van der Waals surface area contributed by atoms with E-state index in [1.165, 1.54) is 12.1 Å². The summed E-state index contributed by atoms with van der Waals surface area (Å²) < 4.78 is 12.9. The third kappa shape index (κ3) is 6.15. The van der Waals surface area contributed by atoms with Crippen molar-refractivity contribution in [1.29, 1.82) is 0 Å². The highest BCUT2D eigenvalue weighted by Crippen LogP contribution is 2.23. The molecule has 4 heteroatoms. The van der Waals surface area contributed by atoms with Crippen LogP contribution in [0.3, 0.4) is 0 Å². The fourth-order valence-electron chi connectivity index (χ4n) is 2.15. The zero-order chi connectivity index (χ0) is 15.0. The molecule has 1 aromatic carbocycles. The Balaban J connectivity index is 2.40. The summed E-state index contributed by atoms with van der Waals surface area (Å²) in [5.74, 6) is -0.0129. The summed E-state index contributed by atoms with van der Waals surface area (Å²) >= 11 is 0. The topological polar surface area (TPSA) is 32.3 Å². The lowest BCUT2D eigenvalue weighted by molar-refractivity contribution is -0.121. The molecule has 112 valence electrons. The molecule has 0 aromatic heterocycles. The van der Waals surface area contributed by atoms with Crippen molar-refractivity contribution in [2.45, 2.75) is 32.1 Å². The fraction of sp³-hybridized carbons (Fsp3) is 0.562. The average Bonchev–Trinajstić information content (AvgIpc) is 2.42. The van der Waals surface area contributed by atoms with Crippen molar-refractivity contribution in [3.63, 3.8) is 0 Å². The zero-order valence-corrected chi connectivity index (χ0v) is 12.7. The van der Waals surface area contributed by atoms with Gasteiger partial charge >= 0.3 is 0 Å². The third-order valence-electron chi connectivity index (χ3n) is 3.37. The molecule has 0 saturated heterocycles. The second kappa shape index (κ2) is 8.69. The maximum absolute atomic E-state index is 12.9. The van der Waals surface area contributed by atoms with Gasteiger partial charge in [-0.3, -0.25) is 4.79 Å². The second-order valence-electron chi connectivity index (χ2n) is 5.37. The molecule has 0 heterocycles. The standard InChI is InChI=1S/C16H25FN2O/c1-4-13(14-6-8-15(17)9-7-14)12-16(20)18-10-5-11-19(2)3/h6-9,13H,4-5,10-12H2,1-3H3,(H,18,20). The van der Waals surface area contributed by atoms with E-state index in [-0.39, 0.29) is 17.6 Å². The molecular formula is C16H25FN2O. The Labute approximate surface area is 121 Å². The number of benzene rings is 1. The van der Waals surface area contributed by atoms with E-state index in [4.69, 9.17) is 0 Å². The van der Waals surface area contributed by atoms with E-state index in [1.807, 2.05) is 21.0 Å². The highest BCUT2D eigenvalue weighted by atomic mass is 19.1. The molecule has 1 unspecified atom stereocenters. The van der Waals surface area contributed by atoms with Gasteiger partial charge in [0.25, 0.3) is 0 Å². The van der Waals surface area contributed by atoms with Gasteiger partial charge in [0.1, 0.15) is 5.82 Å². The van der Waals surface area contributed by atoms with Crippen LogP contribution in [-0.2, 0) is 4.79 Å². The number of nitrogens with zero attached hydrogens (tertiary/aromatic N) is 1. The lowest BCUT2D eigenvalue weighted by atomic mass is 9.93. The molecule has 0 saturated carbocycles. The number of hydrogen-bond acceptors (Lipinski definition) is 2. The van der Waals surface area contributed by atoms with Crippen molar-refractivity contribution < 1.29 is 9.18 Å². The normalized spacial score (nSPS) is 12.4. The monoisotopic (exact) mass is 280 g/mol. The molecule has 0 aliphatic heterocycles. The minimum Gasteiger partial charge on any atom is -0.356 e. The molecule has 0 bridgehead atoms. The van der Waals surface area contributed by atoms with Crippen LogP contribution in [0.4, 0.5) is 4.39 Å². The van der Waals surface area contributed by atoms with Crippen LogP contribution >= 0.6 is 0 Å². The number of nitrogens with one attached hydrogen (secondary N) is 1. The summed E-state index contributed by atoms with van der Waals surface area (Å²) in [7, 11) is 4.03. The van der Waals surface area contributed by atoms with Gasteiger partial charge in [0, 0.05) is 13.0 Å². The van der Waals surface area contributed by atoms with Gasteiger partial charge in [-0.2, -0.15) is 0 Å². The Bertz CT molecular complexity index is 403. The predicted octanol–water partition coefficient (Wildman–Crippen LogP) is 2.78. The molecule has 1 rings (SSSR count). The van der Waals surface area contributed by atoms with Crippen molar-refractivity contribution in [3.05, 3.63) is 35.6 Å². The van der Waals surface area contributed by atoms with Gasteiger partial charge in [-0.05, 0) is 57.1 Å². The summed E-state index contributed by atoms with van der Waals surface area (Å²) in [6.07, 6.45) is 2.28. The minimum atomic E-state index is -0.239. The molecule has 1 aromatic rings. The first-order valence-electron chi connectivity index (χ1n) is 7.19. The summed E-state index contributed by atoms with van der Waals surface area (Å²) in [5.41, 5.74) is 1.03. The first-order chi connectivity index (χ1) is 9.52. The fourth-order valence-corrected chi connectivity index (χ4v) is 2.15. The lowest BCUT2D eigenvalue weighted by Crippen LogP contribution is -2.28. The van der Waals surface area contributed by atoms with Crippen molar-refractivity contribution in [2.75, 3.05) is 27.2 Å². The van der Waals surface area contributed by atoms with E-state index in [9.17, 15) is 9.18 Å². The number of halogens is 1. The molecule has 0 fully saturated rings. The number of carbonyl (C=O) groups is 1. The molecule has 0 aliphatic rings. The molecule has 1 N–H and O–H groups in total. The predicted molar refractivity (Wildman–Crippen MR) is 80.2 cm³/mol. The molecule has 3 nitrogen and oxygen atoms in total. The van der Waals surface area contributed by atoms with Crippen LogP contribution in [-0.4, -0.2) is 38.0 Å². The van der Waals surface area contributed by atoms with Gasteiger partial charge in [-0.25, -0.2) is 4.39 Å². The number of rotatable bonds is 8. The van der Waals surface area contributed by atoms with Gasteiger partial charge in [-0.1, -0.05) is 19.1 Å². The van der Waals surface area contributed by atoms with E-state index in [0.29, 0.717) is 13.0 Å². The molecular weight excluding hydrogens is 255 g/mol. The maximum Gasteiger partial charge on any atom is 0.220 e. The quantitative estimate of drug-likeness (QED) is 0.743. The van der Waals surface area contributed by atoms with Crippen LogP contribution in [0.1, 0.15) is 37.7 Å². The SMILES string of the molecule is CCC(CC(=O)NCCCN(C)C)c1ccc(F)cc1. The first-order valence-corrected chi connectivity index (χ1v) is 7.19. The van der Waals surface area contributed by atoms with Crippen molar-refractivity contribution in [1.82, 2.24) is 10.2 Å². The van der Waals surface area contributed by atoms with Crippen LogP contribution in [0, 0.1) is 5.82 Å². The van der Waals surface area contributed by atoms with Gasteiger partial charge in [-0.15, -0.1) is 0 Å². The Morgan fingerprint density at radius 2 is 1.95 bits per heavy atom. The van der Waals surface area contributed by atoms with Crippen LogP contribution in [0.25, 0.3) is 0 Å². The molecule has 1 atom stereocenters. The Morgan fingerprint density at radius 1 is 1.30 bits per heavy atom. The van der Waals surface area contributed by atoms with Crippen molar-refractivity contribution in [2.24, 2.45) is 0 Å². The highest BCUT2D eigenvalue weighted by Gasteiger charge is 2.14. The zero-order valence-electron chi connectivity index (χ0n) is 12.7. The number of amides is 1. The second-order valence-corrected chi connectivity index (χ2v) is 5.37. The van der Waals surface area contributed by atoms with Gasteiger partial charge in [0.05, 0.1) is 0 Å². The third-order valence-corrected chi connectivity index (χ3v) is 3.37. The van der Waals surface area contributed by atoms with E-state index < -0.39 is 0 Å². The van der Waals surface area contributed by atoms with Crippen LogP contribution in [0.2, 0.25) is 0 Å². The van der Waals surface area contributed by atoms with E-state index >= 15 is 0 Å². The van der Waals surface area contributed by atoms with Crippen LogP contribution < -0.4 is 5.32 Å². The number of carbonyl (C=O) groups excluding carboxylic acids is 1. The first kappa shape index (κ1) is 16.6. The van der Waals surface area contributed by atoms with E-state index in [0.717, 1.165) is 24.9 Å². The van der Waals surface area contributed by atoms with E-state index in [1.54, 1.807) is 12.1 Å². The molecule has 0 aliphatic carbocycles. The Kier molecular flexibility index (Phi) is 7.23. The largest absolute Gasteiger partial charge is 0.356 e. The summed E-state index contributed by atoms with van der Waals surface area (Å²) in [6, 6.07) is 6.44. The number of hydrogen-bond donors (Lipinski definition) is 1. The Hall–Kier alpha value is -1.42. The lowest BCUT2D eigenvalue weighted by Gasteiger charge is -2.15. The Morgan fingerprint density at radius 3 is 2.50 bits per heavy atom. The van der Waals surface area contributed by atoms with Crippen molar-refractivity contribution >= 4 is 5.91 Å². The van der Waals surface area contributed by atoms with Gasteiger partial charge < -0.3 is 10.2 Å². The molecule has 20 heavy (non-hydrogen) atoms. The molecule has 0 radical (unpaired) electrons. The summed E-state index contributed by atoms with van der Waals surface area (Å²) in [5, 5.41) is 2.94. The summed E-state index contributed by atoms with van der Waals surface area (Å²) in [4.78, 5) is 14.0. The van der Waals surface area contributed by atoms with Crippen LogP contribution in [0.15, 0.2) is 24.3 Å².